The molecule has 286 valence electrons. The number of allylic oxidation sites excluding steroid dienone is 10. The normalized spacial score (nSPS) is 17.8. The van der Waals surface area contributed by atoms with Gasteiger partial charge in [0.25, 0.3) is 0 Å². The van der Waals surface area contributed by atoms with Crippen molar-refractivity contribution >= 4 is 16.8 Å². The van der Waals surface area contributed by atoms with Crippen molar-refractivity contribution in [3.63, 3.8) is 0 Å². The van der Waals surface area contributed by atoms with Crippen molar-refractivity contribution in [1.82, 2.24) is 0 Å². The number of rotatable bonds is 9. The van der Waals surface area contributed by atoms with E-state index in [1.807, 2.05) is 18.4 Å². The second-order valence-corrected chi connectivity index (χ2v) is 15.4. The Morgan fingerprint density at radius 3 is 2.16 bits per heavy atom. The average molecular weight is 756 g/mol. The van der Waals surface area contributed by atoms with E-state index in [9.17, 15) is 0 Å². The summed E-state index contributed by atoms with van der Waals surface area (Å²) in [6.45, 7) is 9.39. The van der Waals surface area contributed by atoms with Crippen molar-refractivity contribution in [3.8, 4) is 11.5 Å². The highest BCUT2D eigenvalue weighted by Crippen LogP contribution is 2.56. The van der Waals surface area contributed by atoms with E-state index in [2.05, 4.69) is 176 Å². The van der Waals surface area contributed by atoms with Crippen LogP contribution in [0, 0.1) is 0 Å². The first kappa shape index (κ1) is 37.0. The highest BCUT2D eigenvalue weighted by atomic mass is 16.5. The lowest BCUT2D eigenvalue weighted by atomic mass is 9.66. The van der Waals surface area contributed by atoms with E-state index in [0.717, 1.165) is 48.3 Å². The Morgan fingerprint density at radius 2 is 1.43 bits per heavy atom. The molecule has 0 bridgehead atoms. The highest BCUT2D eigenvalue weighted by Gasteiger charge is 2.47. The summed E-state index contributed by atoms with van der Waals surface area (Å²) in [7, 11) is 0. The molecule has 3 heteroatoms. The van der Waals surface area contributed by atoms with E-state index in [0.29, 0.717) is 24.5 Å². The minimum Gasteiger partial charge on any atom is -0.487 e. The summed E-state index contributed by atoms with van der Waals surface area (Å²) in [5.41, 5.74) is 14.7. The van der Waals surface area contributed by atoms with E-state index < -0.39 is 5.41 Å². The van der Waals surface area contributed by atoms with E-state index >= 15 is 0 Å². The summed E-state index contributed by atoms with van der Waals surface area (Å²) in [5, 5.41) is 0. The Labute approximate surface area is 343 Å². The van der Waals surface area contributed by atoms with Crippen molar-refractivity contribution in [1.29, 1.82) is 0 Å². The fourth-order valence-electron chi connectivity index (χ4n) is 9.40. The van der Waals surface area contributed by atoms with Gasteiger partial charge >= 0.3 is 0 Å². The quantitative estimate of drug-likeness (QED) is 0.140. The maximum absolute atomic E-state index is 7.09. The third-order valence-electron chi connectivity index (χ3n) is 12.0. The molecule has 58 heavy (non-hydrogen) atoms. The number of benzene rings is 5. The fourth-order valence-corrected chi connectivity index (χ4v) is 9.40. The smallest absolute Gasteiger partial charge is 0.185 e. The van der Waals surface area contributed by atoms with Crippen LogP contribution in [0.4, 0.5) is 5.69 Å². The fraction of sp³-hybridized carbons (Fsp3) is 0.164. The molecule has 0 radical (unpaired) electrons. The van der Waals surface area contributed by atoms with Crippen LogP contribution in [0.15, 0.2) is 217 Å². The Balaban J connectivity index is 1.17. The predicted octanol–water partition coefficient (Wildman–Crippen LogP) is 13.9. The summed E-state index contributed by atoms with van der Waals surface area (Å²) >= 11 is 0. The largest absolute Gasteiger partial charge is 0.487 e. The van der Waals surface area contributed by atoms with Gasteiger partial charge in [-0.15, -0.1) is 0 Å². The third-order valence-corrected chi connectivity index (χ3v) is 12.0. The molecule has 0 atom stereocenters. The first-order chi connectivity index (χ1) is 28.7. The number of para-hydroxylation sites is 1. The molecule has 1 heterocycles. The molecular weight excluding hydrogens is 707 g/mol. The molecule has 3 nitrogen and oxygen atoms in total. The van der Waals surface area contributed by atoms with Crippen LogP contribution in [-0.2, 0) is 5.41 Å². The summed E-state index contributed by atoms with van der Waals surface area (Å²) in [6.07, 6.45) is 22.3. The van der Waals surface area contributed by atoms with Crippen LogP contribution >= 0.6 is 0 Å². The summed E-state index contributed by atoms with van der Waals surface area (Å²) in [4.78, 5) is 2.29. The monoisotopic (exact) mass is 755 g/mol. The minimum absolute atomic E-state index is 0.445. The number of anilines is 1. The van der Waals surface area contributed by atoms with Gasteiger partial charge in [0.15, 0.2) is 11.5 Å². The Bertz CT molecular complexity index is 2490. The van der Waals surface area contributed by atoms with Gasteiger partial charge in [0, 0.05) is 17.8 Å². The molecule has 4 aliphatic rings. The van der Waals surface area contributed by atoms with Crippen molar-refractivity contribution < 1.29 is 9.47 Å². The topological polar surface area (TPSA) is 21.7 Å². The Kier molecular flexibility index (Phi) is 10.5. The zero-order valence-electron chi connectivity index (χ0n) is 33.1. The van der Waals surface area contributed by atoms with Gasteiger partial charge in [-0.3, -0.25) is 0 Å². The lowest BCUT2D eigenvalue weighted by Gasteiger charge is -2.36. The molecule has 0 saturated carbocycles. The van der Waals surface area contributed by atoms with Crippen LogP contribution in [0.2, 0.25) is 0 Å². The lowest BCUT2D eigenvalue weighted by Crippen LogP contribution is -2.30. The number of nitrogens with zero attached hydrogens (tertiary/aromatic N) is 1. The van der Waals surface area contributed by atoms with Gasteiger partial charge in [0.1, 0.15) is 0 Å². The van der Waals surface area contributed by atoms with Crippen LogP contribution < -0.4 is 14.4 Å². The van der Waals surface area contributed by atoms with Crippen molar-refractivity contribution in [2.45, 2.75) is 50.4 Å². The number of hydrogen-bond donors (Lipinski definition) is 0. The van der Waals surface area contributed by atoms with E-state index in [1.165, 1.54) is 63.0 Å². The summed E-state index contributed by atoms with van der Waals surface area (Å²) < 4.78 is 13.7. The molecule has 0 spiro atoms. The zero-order valence-corrected chi connectivity index (χ0v) is 33.1. The first-order valence-corrected chi connectivity index (χ1v) is 20.7. The molecule has 5 aromatic rings. The van der Waals surface area contributed by atoms with Gasteiger partial charge < -0.3 is 14.4 Å². The highest BCUT2D eigenvalue weighted by molar-refractivity contribution is 5.90. The van der Waals surface area contributed by atoms with Gasteiger partial charge in [0.05, 0.1) is 24.0 Å². The molecule has 9 rings (SSSR count). The van der Waals surface area contributed by atoms with Crippen LogP contribution in [0.25, 0.3) is 11.1 Å². The Hall–Kier alpha value is -6.58. The molecule has 1 aliphatic heterocycles. The van der Waals surface area contributed by atoms with Crippen LogP contribution in [0.5, 0.6) is 11.5 Å². The molecule has 0 fully saturated rings. The number of fused-ring (bicyclic) bond motifs is 3. The van der Waals surface area contributed by atoms with Gasteiger partial charge in [-0.05, 0) is 131 Å². The minimum atomic E-state index is -0.506. The SMILES string of the molecule is C=C/C(=C\C(=C)C1=CCCCC1)N(C1=CCCC(c2ccccc2)=C1)c1cccc2c1OCCC1=C(/C=C/O2)c2ccccc2C1(c1ccccc1)c1ccccc1. The van der Waals surface area contributed by atoms with E-state index in [1.54, 1.807) is 0 Å². The maximum Gasteiger partial charge on any atom is 0.185 e. The molecular formula is C55H49NO2. The first-order valence-electron chi connectivity index (χ1n) is 20.7. The van der Waals surface area contributed by atoms with Gasteiger partial charge in [-0.1, -0.05) is 147 Å². The van der Waals surface area contributed by atoms with Crippen molar-refractivity contribution in [3.05, 3.63) is 245 Å². The van der Waals surface area contributed by atoms with Crippen LogP contribution in [0.3, 0.4) is 0 Å². The second kappa shape index (κ2) is 16.5. The maximum atomic E-state index is 7.09. The lowest BCUT2D eigenvalue weighted by molar-refractivity contribution is 0.302. The summed E-state index contributed by atoms with van der Waals surface area (Å²) in [6, 6.07) is 47.6. The van der Waals surface area contributed by atoms with E-state index in [4.69, 9.17) is 9.47 Å². The number of ether oxygens (including phenoxy) is 2. The molecule has 0 amide bonds. The third kappa shape index (κ3) is 6.81. The summed E-state index contributed by atoms with van der Waals surface area (Å²) in [5.74, 6) is 1.35. The Morgan fingerprint density at radius 1 is 0.707 bits per heavy atom. The average Bonchev–Trinajstić information content (AvgIpc) is 3.57. The van der Waals surface area contributed by atoms with Crippen LogP contribution in [-0.4, -0.2) is 6.61 Å². The van der Waals surface area contributed by atoms with Gasteiger partial charge in [0.2, 0.25) is 0 Å². The second-order valence-electron chi connectivity index (χ2n) is 15.4. The molecule has 0 aromatic heterocycles. The van der Waals surface area contributed by atoms with Crippen molar-refractivity contribution in [2.75, 3.05) is 11.5 Å². The van der Waals surface area contributed by atoms with Gasteiger partial charge in [-0.25, -0.2) is 0 Å². The van der Waals surface area contributed by atoms with Gasteiger partial charge in [-0.2, -0.15) is 0 Å². The molecule has 3 aliphatic carbocycles. The van der Waals surface area contributed by atoms with Crippen LogP contribution in [0.1, 0.15) is 72.8 Å². The molecule has 0 N–H and O–H groups in total. The number of hydrogen-bond acceptors (Lipinski definition) is 3. The standard InChI is InChI=1S/C55H49NO2/c1-3-46(38-40(2)41-20-8-4-9-21-41)56(47-29-18-24-43(39-47)42-22-10-5-11-23-42)52-32-19-33-53-54(52)58-37-35-51-49(34-36-57-53)48-30-16-17-31-50(48)55(51,44-25-12-6-13-26-44)45-27-14-7-15-28-45/h3,5-7,10-17,19-20,22-23,25-34,36,38-39H,1-2,4,8-9,18,21,24,35,37H2/b36-34+,46-38+. The molecule has 0 saturated heterocycles. The predicted molar refractivity (Wildman–Crippen MR) is 241 cm³/mol. The molecule has 0 unspecified atom stereocenters. The van der Waals surface area contributed by atoms with E-state index in [-0.39, 0.29) is 0 Å². The zero-order chi connectivity index (χ0) is 39.3. The molecule has 5 aromatic carbocycles. The van der Waals surface area contributed by atoms with Crippen molar-refractivity contribution in [2.24, 2.45) is 0 Å².